The maximum absolute atomic E-state index is 4.71. The molecular weight excluding hydrogens is 280 g/mol. The van der Waals surface area contributed by atoms with Crippen LogP contribution in [0.25, 0.3) is 10.7 Å². The molecule has 21 heavy (non-hydrogen) atoms. The Labute approximate surface area is 129 Å². The molecular formula is C16H20N4S. The van der Waals surface area contributed by atoms with Crippen LogP contribution in [-0.2, 0) is 6.54 Å². The Morgan fingerprint density at radius 2 is 2.19 bits per heavy atom. The largest absolute Gasteiger partial charge is 0.307 e. The molecule has 3 aliphatic heterocycles. The van der Waals surface area contributed by atoms with Gasteiger partial charge in [0.15, 0.2) is 0 Å². The van der Waals surface area contributed by atoms with Crippen molar-refractivity contribution in [1.29, 1.82) is 0 Å². The van der Waals surface area contributed by atoms with Gasteiger partial charge in [0.1, 0.15) is 5.01 Å². The predicted molar refractivity (Wildman–Crippen MR) is 85.1 cm³/mol. The van der Waals surface area contributed by atoms with Crippen molar-refractivity contribution in [2.45, 2.75) is 25.4 Å². The van der Waals surface area contributed by atoms with Crippen molar-refractivity contribution in [3.8, 4) is 10.7 Å². The number of fused-ring (bicyclic) bond motifs is 3. The van der Waals surface area contributed by atoms with E-state index < -0.39 is 0 Å². The second-order valence-corrected chi connectivity index (χ2v) is 6.84. The molecule has 5 rings (SSSR count). The van der Waals surface area contributed by atoms with Crippen LogP contribution in [0.3, 0.4) is 0 Å². The summed E-state index contributed by atoms with van der Waals surface area (Å²) in [5.41, 5.74) is 2.11. The van der Waals surface area contributed by atoms with E-state index in [9.17, 15) is 0 Å². The van der Waals surface area contributed by atoms with Crippen molar-refractivity contribution in [2.75, 3.05) is 19.6 Å². The number of hydrogen-bond donors (Lipinski definition) is 1. The van der Waals surface area contributed by atoms with Crippen LogP contribution in [-0.4, -0.2) is 40.5 Å². The van der Waals surface area contributed by atoms with Crippen LogP contribution in [0, 0.1) is 5.92 Å². The lowest BCUT2D eigenvalue weighted by Gasteiger charge is -2.45. The van der Waals surface area contributed by atoms with Crippen molar-refractivity contribution in [3.05, 3.63) is 35.5 Å². The van der Waals surface area contributed by atoms with E-state index in [0.717, 1.165) is 28.9 Å². The van der Waals surface area contributed by atoms with Gasteiger partial charge in [-0.15, -0.1) is 11.3 Å². The van der Waals surface area contributed by atoms with Gasteiger partial charge in [0, 0.05) is 30.7 Å². The third kappa shape index (κ3) is 2.86. The van der Waals surface area contributed by atoms with Gasteiger partial charge < -0.3 is 10.2 Å². The van der Waals surface area contributed by atoms with Crippen molar-refractivity contribution in [2.24, 2.45) is 5.92 Å². The molecule has 5 heteroatoms. The van der Waals surface area contributed by atoms with Crippen LogP contribution in [0.4, 0.5) is 0 Å². The summed E-state index contributed by atoms with van der Waals surface area (Å²) >= 11 is 1.68. The molecule has 0 aliphatic carbocycles. The van der Waals surface area contributed by atoms with Gasteiger partial charge in [0.25, 0.3) is 0 Å². The molecule has 3 saturated heterocycles. The summed E-state index contributed by atoms with van der Waals surface area (Å²) in [6, 6.07) is 6.61. The third-order valence-corrected chi connectivity index (χ3v) is 5.55. The molecule has 2 bridgehead atoms. The highest BCUT2D eigenvalue weighted by Crippen LogP contribution is 2.28. The standard InChI is InChI=1S/C16H20N4S/c1-2-6-17-14(3-1)16-19-13(11-21-16)9-18-15-10-20-7-4-12(15)5-8-20/h1-3,6,11-12,15,18H,4-5,7-10H2. The first kappa shape index (κ1) is 13.4. The average molecular weight is 300 g/mol. The minimum absolute atomic E-state index is 0.646. The average Bonchev–Trinajstić information content (AvgIpc) is 3.04. The highest BCUT2D eigenvalue weighted by Gasteiger charge is 2.33. The zero-order valence-corrected chi connectivity index (χ0v) is 12.9. The van der Waals surface area contributed by atoms with E-state index in [1.807, 2.05) is 24.4 Å². The Bertz CT molecular complexity index is 589. The SMILES string of the molecule is c1ccc(-c2nc(CNC3CN4CCC3CC4)cs2)nc1. The Balaban J connectivity index is 1.39. The van der Waals surface area contributed by atoms with Gasteiger partial charge in [-0.2, -0.15) is 0 Å². The fourth-order valence-electron chi connectivity index (χ4n) is 3.43. The van der Waals surface area contributed by atoms with Gasteiger partial charge in [-0.3, -0.25) is 4.98 Å². The second kappa shape index (κ2) is 5.83. The summed E-state index contributed by atoms with van der Waals surface area (Å²) in [7, 11) is 0. The zero-order valence-electron chi connectivity index (χ0n) is 12.0. The molecule has 2 aromatic rings. The molecule has 5 heterocycles. The topological polar surface area (TPSA) is 41.1 Å². The molecule has 4 nitrogen and oxygen atoms in total. The molecule has 0 saturated carbocycles. The van der Waals surface area contributed by atoms with E-state index in [1.165, 1.54) is 32.5 Å². The molecule has 0 radical (unpaired) electrons. The number of rotatable bonds is 4. The smallest absolute Gasteiger partial charge is 0.142 e. The third-order valence-electron chi connectivity index (χ3n) is 4.64. The Morgan fingerprint density at radius 3 is 2.90 bits per heavy atom. The molecule has 3 aliphatic rings. The van der Waals surface area contributed by atoms with E-state index in [4.69, 9.17) is 4.98 Å². The molecule has 1 N–H and O–H groups in total. The molecule has 1 unspecified atom stereocenters. The molecule has 1 atom stereocenters. The van der Waals surface area contributed by atoms with Gasteiger partial charge in [0.05, 0.1) is 11.4 Å². The Morgan fingerprint density at radius 1 is 1.29 bits per heavy atom. The maximum Gasteiger partial charge on any atom is 0.142 e. The number of hydrogen-bond acceptors (Lipinski definition) is 5. The molecule has 0 amide bonds. The predicted octanol–water partition coefficient (Wildman–Crippen LogP) is 2.39. The number of thiazole rings is 1. The molecule has 110 valence electrons. The highest BCUT2D eigenvalue weighted by molar-refractivity contribution is 7.13. The zero-order chi connectivity index (χ0) is 14.1. The highest BCUT2D eigenvalue weighted by atomic mass is 32.1. The number of nitrogens with one attached hydrogen (secondary N) is 1. The van der Waals surface area contributed by atoms with Gasteiger partial charge in [-0.1, -0.05) is 6.07 Å². The number of aromatic nitrogens is 2. The molecule has 2 aromatic heterocycles. The Kier molecular flexibility index (Phi) is 3.71. The monoisotopic (exact) mass is 300 g/mol. The van der Waals surface area contributed by atoms with Crippen LogP contribution < -0.4 is 5.32 Å². The molecule has 0 aromatic carbocycles. The lowest BCUT2D eigenvalue weighted by atomic mass is 9.84. The van der Waals surface area contributed by atoms with E-state index in [0.29, 0.717) is 6.04 Å². The second-order valence-electron chi connectivity index (χ2n) is 5.98. The number of pyridine rings is 1. The van der Waals surface area contributed by atoms with Gasteiger partial charge >= 0.3 is 0 Å². The molecule has 3 fully saturated rings. The fraction of sp³-hybridized carbons (Fsp3) is 0.500. The number of nitrogens with zero attached hydrogens (tertiary/aromatic N) is 3. The van der Waals surface area contributed by atoms with Crippen molar-refractivity contribution < 1.29 is 0 Å². The van der Waals surface area contributed by atoms with E-state index in [2.05, 4.69) is 20.6 Å². The minimum Gasteiger partial charge on any atom is -0.307 e. The molecule has 0 spiro atoms. The first-order chi connectivity index (χ1) is 10.4. The lowest BCUT2D eigenvalue weighted by molar-refractivity contribution is 0.0719. The first-order valence-corrected chi connectivity index (χ1v) is 8.58. The van der Waals surface area contributed by atoms with Crippen molar-refractivity contribution in [3.63, 3.8) is 0 Å². The van der Waals surface area contributed by atoms with E-state index in [-0.39, 0.29) is 0 Å². The summed E-state index contributed by atoms with van der Waals surface area (Å²) in [5.74, 6) is 0.865. The van der Waals surface area contributed by atoms with Gasteiger partial charge in [-0.05, 0) is 44.0 Å². The van der Waals surface area contributed by atoms with Gasteiger partial charge in [0.2, 0.25) is 0 Å². The Hall–Kier alpha value is -1.30. The van der Waals surface area contributed by atoms with Crippen LogP contribution in [0.5, 0.6) is 0 Å². The summed E-state index contributed by atoms with van der Waals surface area (Å²) < 4.78 is 0. The summed E-state index contributed by atoms with van der Waals surface area (Å²) in [6.45, 7) is 4.67. The fourth-order valence-corrected chi connectivity index (χ4v) is 4.22. The van der Waals surface area contributed by atoms with E-state index in [1.54, 1.807) is 11.3 Å². The maximum atomic E-state index is 4.71. The normalized spacial score (nSPS) is 27.9. The van der Waals surface area contributed by atoms with Crippen LogP contribution in [0.2, 0.25) is 0 Å². The lowest BCUT2D eigenvalue weighted by Crippen LogP contribution is -2.55. The number of piperidine rings is 3. The summed E-state index contributed by atoms with van der Waals surface area (Å²) in [5, 5.41) is 6.88. The summed E-state index contributed by atoms with van der Waals surface area (Å²) in [4.78, 5) is 11.7. The summed E-state index contributed by atoms with van der Waals surface area (Å²) in [6.07, 6.45) is 4.53. The van der Waals surface area contributed by atoms with Crippen molar-refractivity contribution >= 4 is 11.3 Å². The van der Waals surface area contributed by atoms with Crippen LogP contribution in [0.15, 0.2) is 29.8 Å². The van der Waals surface area contributed by atoms with Crippen molar-refractivity contribution in [1.82, 2.24) is 20.2 Å². The van der Waals surface area contributed by atoms with Gasteiger partial charge in [-0.25, -0.2) is 4.98 Å². The minimum atomic E-state index is 0.646. The quantitative estimate of drug-likeness (QED) is 0.941. The first-order valence-electron chi connectivity index (χ1n) is 7.70. The van der Waals surface area contributed by atoms with E-state index >= 15 is 0 Å². The van der Waals surface area contributed by atoms with Crippen LogP contribution >= 0.6 is 11.3 Å². The van der Waals surface area contributed by atoms with Crippen LogP contribution in [0.1, 0.15) is 18.5 Å².